The standard InChI is InChI=1S/C12H9ClFNOS/c13-8-4-7(14)5-9-12(8)16-10(6-15-9)11-2-1-3-17-11/h1-5,10,15H,6H2. The second-order valence-corrected chi connectivity index (χ2v) is 5.15. The van der Waals surface area contributed by atoms with Crippen LogP contribution in [0, 0.1) is 5.82 Å². The molecule has 1 N–H and O–H groups in total. The topological polar surface area (TPSA) is 21.3 Å². The van der Waals surface area contributed by atoms with E-state index in [9.17, 15) is 4.39 Å². The number of anilines is 1. The van der Waals surface area contributed by atoms with Crippen LogP contribution in [0.15, 0.2) is 29.6 Å². The maximum absolute atomic E-state index is 13.1. The molecule has 1 unspecified atom stereocenters. The highest BCUT2D eigenvalue weighted by molar-refractivity contribution is 7.10. The van der Waals surface area contributed by atoms with Gasteiger partial charge in [-0.2, -0.15) is 0 Å². The van der Waals surface area contributed by atoms with E-state index in [1.54, 1.807) is 11.3 Å². The molecule has 0 saturated carbocycles. The summed E-state index contributed by atoms with van der Waals surface area (Å²) in [5.74, 6) is 0.164. The number of nitrogens with one attached hydrogen (secondary N) is 1. The molecule has 1 aromatic heterocycles. The summed E-state index contributed by atoms with van der Waals surface area (Å²) < 4.78 is 19.0. The molecule has 2 heterocycles. The van der Waals surface area contributed by atoms with Crippen molar-refractivity contribution in [3.8, 4) is 5.75 Å². The number of halogens is 2. The van der Waals surface area contributed by atoms with Crippen LogP contribution in [-0.4, -0.2) is 6.54 Å². The van der Waals surface area contributed by atoms with Crippen molar-refractivity contribution in [1.82, 2.24) is 0 Å². The van der Waals surface area contributed by atoms with Crippen LogP contribution in [0.5, 0.6) is 5.75 Å². The summed E-state index contributed by atoms with van der Waals surface area (Å²) in [6.07, 6.45) is -0.0644. The van der Waals surface area contributed by atoms with Crippen molar-refractivity contribution in [3.63, 3.8) is 0 Å². The minimum Gasteiger partial charge on any atom is -0.479 e. The molecule has 1 aliphatic heterocycles. The van der Waals surface area contributed by atoms with Crippen LogP contribution in [0.1, 0.15) is 11.0 Å². The van der Waals surface area contributed by atoms with Gasteiger partial charge >= 0.3 is 0 Å². The average Bonchev–Trinajstić information content (AvgIpc) is 2.82. The molecule has 2 aromatic rings. The Balaban J connectivity index is 1.95. The van der Waals surface area contributed by atoms with Crippen LogP contribution in [-0.2, 0) is 0 Å². The van der Waals surface area contributed by atoms with Crippen molar-refractivity contribution in [1.29, 1.82) is 0 Å². The second-order valence-electron chi connectivity index (χ2n) is 3.77. The third kappa shape index (κ3) is 1.98. The summed E-state index contributed by atoms with van der Waals surface area (Å²) in [4.78, 5) is 1.13. The molecule has 5 heteroatoms. The summed E-state index contributed by atoms with van der Waals surface area (Å²) >= 11 is 7.60. The lowest BCUT2D eigenvalue weighted by Gasteiger charge is -2.27. The minimum atomic E-state index is -0.362. The van der Waals surface area contributed by atoms with Gasteiger partial charge in [-0.05, 0) is 17.5 Å². The van der Waals surface area contributed by atoms with Crippen LogP contribution in [0.2, 0.25) is 5.02 Å². The second kappa shape index (κ2) is 4.20. The fourth-order valence-electron chi connectivity index (χ4n) is 1.83. The minimum absolute atomic E-state index is 0.0644. The summed E-state index contributed by atoms with van der Waals surface area (Å²) in [6.45, 7) is 0.618. The highest BCUT2D eigenvalue weighted by Gasteiger charge is 2.24. The van der Waals surface area contributed by atoms with Gasteiger partial charge in [0.15, 0.2) is 11.9 Å². The Hall–Kier alpha value is -1.26. The molecule has 0 spiro atoms. The molecule has 0 saturated heterocycles. The number of benzene rings is 1. The van der Waals surface area contributed by atoms with E-state index in [1.165, 1.54) is 12.1 Å². The predicted molar refractivity (Wildman–Crippen MR) is 67.6 cm³/mol. The molecule has 88 valence electrons. The summed E-state index contributed by atoms with van der Waals surface area (Å²) in [7, 11) is 0. The number of hydrogen-bond acceptors (Lipinski definition) is 3. The zero-order valence-electron chi connectivity index (χ0n) is 8.74. The fraction of sp³-hybridized carbons (Fsp3) is 0.167. The Bertz CT molecular complexity index is 544. The summed E-state index contributed by atoms with van der Waals surface area (Å²) in [5.41, 5.74) is 0.614. The van der Waals surface area contributed by atoms with Crippen LogP contribution in [0.4, 0.5) is 10.1 Å². The molecule has 1 aromatic carbocycles. The van der Waals surface area contributed by atoms with E-state index in [1.807, 2.05) is 17.5 Å². The fourth-order valence-corrected chi connectivity index (χ4v) is 2.84. The molecule has 2 nitrogen and oxygen atoms in total. The van der Waals surface area contributed by atoms with E-state index in [4.69, 9.17) is 16.3 Å². The van der Waals surface area contributed by atoms with E-state index >= 15 is 0 Å². The van der Waals surface area contributed by atoms with E-state index in [2.05, 4.69) is 5.32 Å². The zero-order valence-corrected chi connectivity index (χ0v) is 10.3. The van der Waals surface area contributed by atoms with Gasteiger partial charge in [0, 0.05) is 10.9 Å². The maximum atomic E-state index is 13.1. The number of fused-ring (bicyclic) bond motifs is 1. The third-order valence-corrected chi connectivity index (χ3v) is 3.85. The van der Waals surface area contributed by atoms with E-state index in [0.717, 1.165) is 4.88 Å². The van der Waals surface area contributed by atoms with Crippen LogP contribution in [0.3, 0.4) is 0 Å². The Labute approximate surface area is 107 Å². The van der Waals surface area contributed by atoms with Crippen molar-refractivity contribution >= 4 is 28.6 Å². The van der Waals surface area contributed by atoms with Gasteiger partial charge in [-0.25, -0.2) is 4.39 Å². The summed E-state index contributed by atoms with van der Waals surface area (Å²) in [6, 6.07) is 6.65. The Morgan fingerprint density at radius 3 is 3.12 bits per heavy atom. The highest BCUT2D eigenvalue weighted by atomic mass is 35.5. The molecule has 17 heavy (non-hydrogen) atoms. The Kier molecular flexibility index (Phi) is 2.68. The third-order valence-electron chi connectivity index (χ3n) is 2.61. The molecule has 1 atom stereocenters. The van der Waals surface area contributed by atoms with Crippen molar-refractivity contribution < 1.29 is 9.13 Å². The Morgan fingerprint density at radius 1 is 1.47 bits per heavy atom. The van der Waals surface area contributed by atoms with Crippen molar-refractivity contribution in [3.05, 3.63) is 45.4 Å². The number of rotatable bonds is 1. The molecule has 0 fully saturated rings. The van der Waals surface area contributed by atoms with Crippen molar-refractivity contribution in [2.45, 2.75) is 6.10 Å². The highest BCUT2D eigenvalue weighted by Crippen LogP contribution is 2.41. The first-order valence-corrected chi connectivity index (χ1v) is 6.43. The summed E-state index contributed by atoms with van der Waals surface area (Å²) in [5, 5.41) is 5.44. The van der Waals surface area contributed by atoms with E-state index in [0.29, 0.717) is 23.0 Å². The lowest BCUT2D eigenvalue weighted by Crippen LogP contribution is -2.23. The molecular formula is C12H9ClFNOS. The van der Waals surface area contributed by atoms with Gasteiger partial charge in [0.1, 0.15) is 5.82 Å². The molecule has 1 aliphatic rings. The lowest BCUT2D eigenvalue weighted by molar-refractivity contribution is 0.214. The van der Waals surface area contributed by atoms with E-state index < -0.39 is 0 Å². The normalized spacial score (nSPS) is 18.1. The van der Waals surface area contributed by atoms with Gasteiger partial charge in [0.2, 0.25) is 0 Å². The number of ether oxygens (including phenoxy) is 1. The molecule has 0 amide bonds. The van der Waals surface area contributed by atoms with Crippen LogP contribution in [0.25, 0.3) is 0 Å². The van der Waals surface area contributed by atoms with Crippen molar-refractivity contribution in [2.75, 3.05) is 11.9 Å². The molecular weight excluding hydrogens is 261 g/mol. The van der Waals surface area contributed by atoms with E-state index in [-0.39, 0.29) is 11.9 Å². The lowest BCUT2D eigenvalue weighted by atomic mass is 10.2. The first kappa shape index (κ1) is 10.9. The zero-order chi connectivity index (χ0) is 11.8. The largest absolute Gasteiger partial charge is 0.479 e. The number of hydrogen-bond donors (Lipinski definition) is 1. The molecule has 0 aliphatic carbocycles. The smallest absolute Gasteiger partial charge is 0.162 e. The first-order valence-electron chi connectivity index (χ1n) is 5.17. The van der Waals surface area contributed by atoms with Crippen LogP contribution >= 0.6 is 22.9 Å². The Morgan fingerprint density at radius 2 is 2.35 bits per heavy atom. The monoisotopic (exact) mass is 269 g/mol. The van der Waals surface area contributed by atoms with Gasteiger partial charge in [0.25, 0.3) is 0 Å². The quantitative estimate of drug-likeness (QED) is 0.842. The SMILES string of the molecule is Fc1cc(Cl)c2c(c1)NCC(c1cccs1)O2. The maximum Gasteiger partial charge on any atom is 0.162 e. The van der Waals surface area contributed by atoms with Gasteiger partial charge in [-0.1, -0.05) is 17.7 Å². The van der Waals surface area contributed by atoms with Crippen molar-refractivity contribution in [2.24, 2.45) is 0 Å². The first-order chi connectivity index (χ1) is 8.24. The van der Waals surface area contributed by atoms with Gasteiger partial charge in [0.05, 0.1) is 17.3 Å². The van der Waals surface area contributed by atoms with Gasteiger partial charge in [-0.15, -0.1) is 11.3 Å². The molecule has 3 rings (SSSR count). The average molecular weight is 270 g/mol. The van der Waals surface area contributed by atoms with Gasteiger partial charge in [-0.3, -0.25) is 0 Å². The van der Waals surface area contributed by atoms with Crippen LogP contribution < -0.4 is 10.1 Å². The predicted octanol–water partition coefficient (Wildman–Crippen LogP) is 4.09. The molecule has 0 bridgehead atoms. The number of thiophene rings is 1. The molecule has 0 radical (unpaired) electrons. The van der Waals surface area contributed by atoms with Gasteiger partial charge < -0.3 is 10.1 Å².